The Bertz CT molecular complexity index is 326. The molecule has 0 saturated heterocycles. The number of thioether (sulfide) groups is 1. The summed E-state index contributed by atoms with van der Waals surface area (Å²) in [4.78, 5) is 12.5. The predicted octanol–water partition coefficient (Wildman–Crippen LogP) is 3.08. The van der Waals surface area contributed by atoms with E-state index >= 15 is 0 Å². The van der Waals surface area contributed by atoms with Crippen LogP contribution in [0.5, 0.6) is 0 Å². The summed E-state index contributed by atoms with van der Waals surface area (Å²) < 4.78 is 0. The van der Waals surface area contributed by atoms with Gasteiger partial charge in [0, 0.05) is 22.6 Å². The monoisotopic (exact) mass is 237 g/mol. The molecular formula is C13H19NOS. The molecule has 1 amide bonds. The Kier molecular flexibility index (Phi) is 5.39. The van der Waals surface area contributed by atoms with Gasteiger partial charge in [-0.25, -0.2) is 0 Å². The van der Waals surface area contributed by atoms with E-state index in [0.717, 1.165) is 0 Å². The van der Waals surface area contributed by atoms with E-state index in [1.165, 1.54) is 4.90 Å². The van der Waals surface area contributed by atoms with Gasteiger partial charge in [0.05, 0.1) is 0 Å². The van der Waals surface area contributed by atoms with Crippen molar-refractivity contribution in [3.63, 3.8) is 0 Å². The molecule has 1 aromatic rings. The Labute approximate surface area is 102 Å². The van der Waals surface area contributed by atoms with E-state index in [9.17, 15) is 4.79 Å². The first-order valence-electron chi connectivity index (χ1n) is 5.64. The largest absolute Gasteiger partial charge is 0.353 e. The molecule has 0 saturated carbocycles. The van der Waals surface area contributed by atoms with Gasteiger partial charge in [-0.05, 0) is 19.1 Å². The quantitative estimate of drug-likeness (QED) is 0.797. The third-order valence-electron chi connectivity index (χ3n) is 2.48. The Balaban J connectivity index is 2.46. The van der Waals surface area contributed by atoms with E-state index in [1.54, 1.807) is 11.8 Å². The van der Waals surface area contributed by atoms with Crippen LogP contribution in [-0.2, 0) is 4.79 Å². The van der Waals surface area contributed by atoms with Crippen LogP contribution in [0, 0.1) is 0 Å². The van der Waals surface area contributed by atoms with Crippen LogP contribution < -0.4 is 5.32 Å². The molecule has 0 heterocycles. The van der Waals surface area contributed by atoms with Gasteiger partial charge < -0.3 is 5.32 Å². The lowest BCUT2D eigenvalue weighted by molar-refractivity contribution is -0.121. The number of benzene rings is 1. The van der Waals surface area contributed by atoms with E-state index in [4.69, 9.17) is 0 Å². The minimum atomic E-state index is 0.119. The van der Waals surface area contributed by atoms with Crippen LogP contribution in [0.2, 0.25) is 0 Å². The molecule has 88 valence electrons. The molecule has 2 nitrogen and oxygen atoms in total. The molecule has 2 atom stereocenters. The van der Waals surface area contributed by atoms with Crippen molar-refractivity contribution in [1.29, 1.82) is 0 Å². The number of carbonyl (C=O) groups is 1. The molecule has 0 aromatic heterocycles. The maximum atomic E-state index is 11.3. The fraction of sp³-hybridized carbons (Fsp3) is 0.462. The van der Waals surface area contributed by atoms with Crippen molar-refractivity contribution in [3.8, 4) is 0 Å². The second kappa shape index (κ2) is 6.59. The van der Waals surface area contributed by atoms with E-state index < -0.39 is 0 Å². The first kappa shape index (κ1) is 13.1. The minimum Gasteiger partial charge on any atom is -0.353 e. The first-order valence-corrected chi connectivity index (χ1v) is 6.52. The smallest absolute Gasteiger partial charge is 0.219 e. The minimum absolute atomic E-state index is 0.119. The average Bonchev–Trinajstić information content (AvgIpc) is 2.30. The number of hydrogen-bond donors (Lipinski definition) is 1. The van der Waals surface area contributed by atoms with E-state index in [-0.39, 0.29) is 11.9 Å². The van der Waals surface area contributed by atoms with Crippen molar-refractivity contribution in [2.24, 2.45) is 0 Å². The van der Waals surface area contributed by atoms with E-state index in [1.807, 2.05) is 32.0 Å². The summed E-state index contributed by atoms with van der Waals surface area (Å²) in [6.45, 7) is 6.06. The van der Waals surface area contributed by atoms with Gasteiger partial charge in [0.15, 0.2) is 0 Å². The molecule has 0 aliphatic carbocycles. The SMILES string of the molecule is CCC(=O)NC(C)C(C)Sc1ccccc1. The number of amides is 1. The van der Waals surface area contributed by atoms with Crippen LogP contribution in [0.25, 0.3) is 0 Å². The Morgan fingerprint density at radius 2 is 1.94 bits per heavy atom. The number of hydrogen-bond acceptors (Lipinski definition) is 2. The summed E-state index contributed by atoms with van der Waals surface area (Å²) in [5.41, 5.74) is 0. The van der Waals surface area contributed by atoms with Crippen molar-refractivity contribution < 1.29 is 4.79 Å². The van der Waals surface area contributed by atoms with Gasteiger partial charge in [-0.2, -0.15) is 0 Å². The topological polar surface area (TPSA) is 29.1 Å². The number of rotatable bonds is 5. The standard InChI is InChI=1S/C13H19NOS/c1-4-13(15)14-10(2)11(3)16-12-8-6-5-7-9-12/h5-11H,4H2,1-3H3,(H,14,15). The highest BCUT2D eigenvalue weighted by Crippen LogP contribution is 2.24. The lowest BCUT2D eigenvalue weighted by Gasteiger charge is -2.20. The molecule has 2 unspecified atom stereocenters. The van der Waals surface area contributed by atoms with Gasteiger partial charge in [0.25, 0.3) is 0 Å². The van der Waals surface area contributed by atoms with Gasteiger partial charge in [-0.15, -0.1) is 11.8 Å². The lowest BCUT2D eigenvalue weighted by Crippen LogP contribution is -2.38. The second-order valence-electron chi connectivity index (χ2n) is 3.85. The van der Waals surface area contributed by atoms with E-state index in [2.05, 4.69) is 24.4 Å². The maximum Gasteiger partial charge on any atom is 0.219 e. The van der Waals surface area contributed by atoms with Gasteiger partial charge >= 0.3 is 0 Å². The number of nitrogens with one attached hydrogen (secondary N) is 1. The Morgan fingerprint density at radius 1 is 1.31 bits per heavy atom. The molecule has 0 bridgehead atoms. The van der Waals surface area contributed by atoms with Crippen LogP contribution in [-0.4, -0.2) is 17.2 Å². The maximum absolute atomic E-state index is 11.3. The molecule has 0 spiro atoms. The van der Waals surface area contributed by atoms with Crippen LogP contribution in [0.1, 0.15) is 27.2 Å². The third kappa shape index (κ3) is 4.27. The molecule has 3 heteroatoms. The molecule has 1 N–H and O–H groups in total. The summed E-state index contributed by atoms with van der Waals surface area (Å²) in [7, 11) is 0. The molecule has 0 radical (unpaired) electrons. The molecule has 16 heavy (non-hydrogen) atoms. The second-order valence-corrected chi connectivity index (χ2v) is 5.30. The molecule has 1 aromatic carbocycles. The summed E-state index contributed by atoms with van der Waals surface area (Å²) in [6.07, 6.45) is 0.549. The summed E-state index contributed by atoms with van der Waals surface area (Å²) in [5.74, 6) is 0.119. The van der Waals surface area contributed by atoms with Crippen LogP contribution in [0.3, 0.4) is 0 Å². The molecular weight excluding hydrogens is 218 g/mol. The van der Waals surface area contributed by atoms with Gasteiger partial charge in [0.2, 0.25) is 5.91 Å². The van der Waals surface area contributed by atoms with Gasteiger partial charge in [0.1, 0.15) is 0 Å². The lowest BCUT2D eigenvalue weighted by atomic mass is 10.2. The van der Waals surface area contributed by atoms with Crippen LogP contribution in [0.4, 0.5) is 0 Å². The fourth-order valence-electron chi connectivity index (χ4n) is 1.29. The summed E-state index contributed by atoms with van der Waals surface area (Å²) in [5, 5.41) is 3.36. The zero-order valence-corrected chi connectivity index (χ0v) is 10.9. The highest BCUT2D eigenvalue weighted by atomic mass is 32.2. The highest BCUT2D eigenvalue weighted by Gasteiger charge is 2.14. The van der Waals surface area contributed by atoms with Crippen molar-refractivity contribution in [1.82, 2.24) is 5.32 Å². The summed E-state index contributed by atoms with van der Waals surface area (Å²) >= 11 is 1.79. The zero-order valence-electron chi connectivity index (χ0n) is 10.1. The van der Waals surface area contributed by atoms with Gasteiger partial charge in [-0.3, -0.25) is 4.79 Å². The predicted molar refractivity (Wildman–Crippen MR) is 69.7 cm³/mol. The van der Waals surface area contributed by atoms with Crippen molar-refractivity contribution in [2.45, 2.75) is 43.4 Å². The van der Waals surface area contributed by atoms with Crippen LogP contribution in [0.15, 0.2) is 35.2 Å². The third-order valence-corrected chi connectivity index (χ3v) is 3.80. The molecule has 1 rings (SSSR count). The first-order chi connectivity index (χ1) is 7.63. The van der Waals surface area contributed by atoms with Gasteiger partial charge in [-0.1, -0.05) is 32.0 Å². The normalized spacial score (nSPS) is 14.2. The molecule has 0 fully saturated rings. The fourth-order valence-corrected chi connectivity index (χ4v) is 2.30. The average molecular weight is 237 g/mol. The van der Waals surface area contributed by atoms with E-state index in [0.29, 0.717) is 11.7 Å². The summed E-state index contributed by atoms with van der Waals surface area (Å²) in [6, 6.07) is 10.5. The highest BCUT2D eigenvalue weighted by molar-refractivity contribution is 8.00. The number of carbonyl (C=O) groups excluding carboxylic acids is 1. The van der Waals surface area contributed by atoms with Crippen molar-refractivity contribution in [2.75, 3.05) is 0 Å². The Morgan fingerprint density at radius 3 is 2.50 bits per heavy atom. The Hall–Kier alpha value is -0.960. The zero-order chi connectivity index (χ0) is 12.0. The van der Waals surface area contributed by atoms with Crippen LogP contribution >= 0.6 is 11.8 Å². The molecule has 0 aliphatic rings. The van der Waals surface area contributed by atoms with Crippen molar-refractivity contribution >= 4 is 17.7 Å². The van der Waals surface area contributed by atoms with Crippen molar-refractivity contribution in [3.05, 3.63) is 30.3 Å². The molecule has 0 aliphatic heterocycles.